The first-order valence-corrected chi connectivity index (χ1v) is 9.00. The molecule has 0 bridgehead atoms. The minimum Gasteiger partial charge on any atom is -0.495 e. The van der Waals surface area contributed by atoms with Gasteiger partial charge in [0.1, 0.15) is 17.3 Å². The molecule has 144 valence electrons. The second-order valence-corrected chi connectivity index (χ2v) is 6.37. The fourth-order valence-corrected chi connectivity index (χ4v) is 2.65. The second-order valence-electron chi connectivity index (χ2n) is 6.37. The van der Waals surface area contributed by atoms with E-state index in [0.29, 0.717) is 22.8 Å². The number of benzene rings is 2. The number of hydrogen-bond acceptors (Lipinski definition) is 5. The van der Waals surface area contributed by atoms with Crippen molar-refractivity contribution in [2.24, 2.45) is 0 Å². The van der Waals surface area contributed by atoms with E-state index in [2.05, 4.69) is 15.6 Å². The average molecular weight is 377 g/mol. The van der Waals surface area contributed by atoms with Crippen LogP contribution in [-0.2, 0) is 0 Å². The first-order valence-electron chi connectivity index (χ1n) is 9.00. The molecule has 1 amide bonds. The molecule has 0 aliphatic carbocycles. The number of hydrogen-bond donors (Lipinski definition) is 2. The molecule has 6 nitrogen and oxygen atoms in total. The van der Waals surface area contributed by atoms with Crippen molar-refractivity contribution in [2.45, 2.75) is 20.0 Å². The average Bonchev–Trinajstić information content (AvgIpc) is 2.70. The van der Waals surface area contributed by atoms with Gasteiger partial charge in [0.05, 0.1) is 24.6 Å². The monoisotopic (exact) mass is 377 g/mol. The van der Waals surface area contributed by atoms with Gasteiger partial charge in [0.25, 0.3) is 5.91 Å². The summed E-state index contributed by atoms with van der Waals surface area (Å²) >= 11 is 0. The number of para-hydroxylation sites is 4. The maximum atomic E-state index is 12.7. The lowest BCUT2D eigenvalue weighted by atomic mass is 10.2. The maximum absolute atomic E-state index is 12.7. The Bertz CT molecular complexity index is 957. The Balaban J connectivity index is 1.78. The zero-order chi connectivity index (χ0) is 19.9. The van der Waals surface area contributed by atoms with Crippen molar-refractivity contribution >= 4 is 23.1 Å². The molecule has 3 rings (SSSR count). The third kappa shape index (κ3) is 4.79. The molecule has 6 heteroatoms. The summed E-state index contributed by atoms with van der Waals surface area (Å²) in [6, 6.07) is 18.2. The molecule has 0 unspecified atom stereocenters. The predicted octanol–water partition coefficient (Wildman–Crippen LogP) is 4.87. The van der Waals surface area contributed by atoms with Crippen molar-refractivity contribution in [3.05, 3.63) is 72.4 Å². The molecule has 0 radical (unpaired) electrons. The maximum Gasteiger partial charge on any atom is 0.255 e. The van der Waals surface area contributed by atoms with Gasteiger partial charge in [-0.1, -0.05) is 24.3 Å². The molecular weight excluding hydrogens is 354 g/mol. The van der Waals surface area contributed by atoms with E-state index in [1.807, 2.05) is 50.2 Å². The number of anilines is 3. The highest BCUT2D eigenvalue weighted by atomic mass is 16.5. The van der Waals surface area contributed by atoms with Crippen LogP contribution in [0.15, 0.2) is 66.9 Å². The lowest BCUT2D eigenvalue weighted by Gasteiger charge is -2.15. The number of amides is 1. The molecule has 3 aromatic rings. The summed E-state index contributed by atoms with van der Waals surface area (Å²) in [6.45, 7) is 3.94. The van der Waals surface area contributed by atoms with Crippen LogP contribution in [0.25, 0.3) is 0 Å². The van der Waals surface area contributed by atoms with Crippen molar-refractivity contribution < 1.29 is 14.3 Å². The number of carbonyl (C=O) groups excluding carboxylic acids is 1. The summed E-state index contributed by atoms with van der Waals surface area (Å²) < 4.78 is 11.1. The zero-order valence-electron chi connectivity index (χ0n) is 16.1. The zero-order valence-corrected chi connectivity index (χ0v) is 16.1. The molecule has 0 fully saturated rings. The standard InChI is InChI=1S/C22H23N3O3/c1-15(2)28-20-11-7-5-9-18(20)24-21-14-16(12-13-23-21)22(26)25-17-8-4-6-10-19(17)27-3/h4-15H,1-3H3,(H,23,24)(H,25,26). The Morgan fingerprint density at radius 3 is 2.36 bits per heavy atom. The van der Waals surface area contributed by atoms with Crippen LogP contribution in [0.4, 0.5) is 17.2 Å². The Morgan fingerprint density at radius 2 is 1.64 bits per heavy atom. The van der Waals surface area contributed by atoms with E-state index in [-0.39, 0.29) is 12.0 Å². The number of pyridine rings is 1. The Hall–Kier alpha value is -3.54. The van der Waals surface area contributed by atoms with Gasteiger partial charge in [0.2, 0.25) is 0 Å². The number of methoxy groups -OCH3 is 1. The van der Waals surface area contributed by atoms with Crippen LogP contribution in [-0.4, -0.2) is 24.1 Å². The Labute approximate surface area is 164 Å². The number of nitrogens with one attached hydrogen (secondary N) is 2. The van der Waals surface area contributed by atoms with E-state index in [0.717, 1.165) is 11.4 Å². The molecular formula is C22H23N3O3. The summed E-state index contributed by atoms with van der Waals surface area (Å²) in [6.07, 6.45) is 1.64. The molecule has 1 heterocycles. The summed E-state index contributed by atoms with van der Waals surface area (Å²) in [5.74, 6) is 1.63. The van der Waals surface area contributed by atoms with E-state index in [4.69, 9.17) is 9.47 Å². The van der Waals surface area contributed by atoms with E-state index < -0.39 is 0 Å². The Kier molecular flexibility index (Phi) is 6.11. The van der Waals surface area contributed by atoms with Crippen LogP contribution in [0.5, 0.6) is 11.5 Å². The normalized spacial score (nSPS) is 10.4. The fraction of sp³-hybridized carbons (Fsp3) is 0.182. The van der Waals surface area contributed by atoms with Crippen molar-refractivity contribution in [3.63, 3.8) is 0 Å². The SMILES string of the molecule is COc1ccccc1NC(=O)c1ccnc(Nc2ccccc2OC(C)C)c1. The summed E-state index contributed by atoms with van der Waals surface area (Å²) in [7, 11) is 1.57. The van der Waals surface area contributed by atoms with Gasteiger partial charge < -0.3 is 20.1 Å². The first kappa shape index (κ1) is 19.2. The molecule has 0 saturated carbocycles. The molecule has 2 aromatic carbocycles. The van der Waals surface area contributed by atoms with E-state index >= 15 is 0 Å². The van der Waals surface area contributed by atoms with E-state index in [9.17, 15) is 4.79 Å². The van der Waals surface area contributed by atoms with Crippen molar-refractivity contribution in [1.82, 2.24) is 4.98 Å². The number of ether oxygens (including phenoxy) is 2. The van der Waals surface area contributed by atoms with Crippen molar-refractivity contribution in [1.29, 1.82) is 0 Å². The highest BCUT2D eigenvalue weighted by molar-refractivity contribution is 6.05. The second kappa shape index (κ2) is 8.90. The third-order valence-corrected chi connectivity index (χ3v) is 3.89. The number of carbonyl (C=O) groups is 1. The third-order valence-electron chi connectivity index (χ3n) is 3.89. The van der Waals surface area contributed by atoms with Gasteiger partial charge >= 0.3 is 0 Å². The van der Waals surface area contributed by atoms with Gasteiger partial charge in [0.15, 0.2) is 0 Å². The molecule has 0 atom stereocenters. The summed E-state index contributed by atoms with van der Waals surface area (Å²) in [5.41, 5.74) is 1.87. The van der Waals surface area contributed by atoms with Crippen LogP contribution in [0.3, 0.4) is 0 Å². The first-order chi connectivity index (χ1) is 13.6. The predicted molar refractivity (Wildman–Crippen MR) is 111 cm³/mol. The minimum atomic E-state index is -0.248. The number of rotatable bonds is 7. The van der Waals surface area contributed by atoms with E-state index in [1.165, 1.54) is 0 Å². The summed E-state index contributed by atoms with van der Waals surface area (Å²) in [5, 5.41) is 6.08. The van der Waals surface area contributed by atoms with Gasteiger partial charge in [0, 0.05) is 11.8 Å². The minimum absolute atomic E-state index is 0.0499. The lowest BCUT2D eigenvalue weighted by molar-refractivity contribution is 0.102. The van der Waals surface area contributed by atoms with Crippen molar-refractivity contribution in [3.8, 4) is 11.5 Å². The van der Waals surface area contributed by atoms with Crippen molar-refractivity contribution in [2.75, 3.05) is 17.7 Å². The molecule has 0 saturated heterocycles. The van der Waals surface area contributed by atoms with Gasteiger partial charge in [-0.3, -0.25) is 4.79 Å². The van der Waals surface area contributed by atoms with Crippen LogP contribution >= 0.6 is 0 Å². The molecule has 2 N–H and O–H groups in total. The Morgan fingerprint density at radius 1 is 0.964 bits per heavy atom. The van der Waals surface area contributed by atoms with Gasteiger partial charge in [-0.05, 0) is 50.2 Å². The van der Waals surface area contributed by atoms with E-state index in [1.54, 1.807) is 37.6 Å². The largest absolute Gasteiger partial charge is 0.495 e. The highest BCUT2D eigenvalue weighted by Gasteiger charge is 2.11. The van der Waals surface area contributed by atoms with Gasteiger partial charge in [-0.25, -0.2) is 4.98 Å². The molecule has 28 heavy (non-hydrogen) atoms. The van der Waals surface area contributed by atoms with Crippen LogP contribution < -0.4 is 20.1 Å². The number of aromatic nitrogens is 1. The quantitative estimate of drug-likeness (QED) is 0.614. The van der Waals surface area contributed by atoms with Crippen LogP contribution in [0.1, 0.15) is 24.2 Å². The topological polar surface area (TPSA) is 72.5 Å². The molecule has 0 aliphatic rings. The smallest absolute Gasteiger partial charge is 0.255 e. The highest BCUT2D eigenvalue weighted by Crippen LogP contribution is 2.28. The summed E-state index contributed by atoms with van der Waals surface area (Å²) in [4.78, 5) is 17.0. The molecule has 1 aromatic heterocycles. The van der Waals surface area contributed by atoms with Crippen LogP contribution in [0.2, 0.25) is 0 Å². The molecule has 0 aliphatic heterocycles. The van der Waals surface area contributed by atoms with Gasteiger partial charge in [-0.2, -0.15) is 0 Å². The fourth-order valence-electron chi connectivity index (χ4n) is 2.65. The van der Waals surface area contributed by atoms with Gasteiger partial charge in [-0.15, -0.1) is 0 Å². The lowest BCUT2D eigenvalue weighted by Crippen LogP contribution is -2.13. The van der Waals surface area contributed by atoms with Crippen LogP contribution in [0, 0.1) is 0 Å². The molecule has 0 spiro atoms. The number of nitrogens with zero attached hydrogens (tertiary/aromatic N) is 1.